The molecule has 1 atom stereocenters. The average molecular weight is 538 g/mol. The molecule has 4 heterocycles. The number of carboxylic acids is 1. The fraction of sp³-hybridized carbons (Fsp3) is 0.613. The summed E-state index contributed by atoms with van der Waals surface area (Å²) >= 11 is 0. The van der Waals surface area contributed by atoms with Crippen molar-refractivity contribution in [2.75, 3.05) is 44.8 Å². The highest BCUT2D eigenvalue weighted by Crippen LogP contribution is 2.48. The topological polar surface area (TPSA) is 104 Å². The van der Waals surface area contributed by atoms with Crippen LogP contribution in [0.5, 0.6) is 5.75 Å². The van der Waals surface area contributed by atoms with Gasteiger partial charge in [-0.05, 0) is 87.0 Å². The Bertz CT molecular complexity index is 1090. The van der Waals surface area contributed by atoms with Crippen LogP contribution in [0.2, 0.25) is 0 Å². The maximum absolute atomic E-state index is 12.1. The van der Waals surface area contributed by atoms with E-state index in [1.807, 2.05) is 11.0 Å². The third kappa shape index (κ3) is 7.50. The lowest BCUT2D eigenvalue weighted by Crippen LogP contribution is -2.55. The number of hydrogen-bond donors (Lipinski definition) is 3. The summed E-state index contributed by atoms with van der Waals surface area (Å²) in [6.07, 6.45) is 11.1. The lowest BCUT2D eigenvalue weighted by Gasteiger charge is -2.43. The van der Waals surface area contributed by atoms with Gasteiger partial charge in [-0.3, -0.25) is 9.69 Å². The van der Waals surface area contributed by atoms with Gasteiger partial charge in [-0.25, -0.2) is 4.98 Å². The van der Waals surface area contributed by atoms with Crippen molar-refractivity contribution in [3.63, 3.8) is 0 Å². The van der Waals surface area contributed by atoms with Crippen molar-refractivity contribution in [2.24, 2.45) is 0 Å². The number of nitrogens with zero attached hydrogens (tertiary/aromatic N) is 2. The number of likely N-dealkylation sites (tertiary alicyclic amines) is 1. The number of pyridine rings is 1. The zero-order valence-electron chi connectivity index (χ0n) is 22.9. The molecule has 2 aromatic rings. The Hall–Kier alpha value is -2.68. The van der Waals surface area contributed by atoms with Crippen LogP contribution < -0.4 is 5.32 Å². The number of ether oxygens (including phenoxy) is 2. The highest BCUT2D eigenvalue weighted by molar-refractivity contribution is 5.77. The van der Waals surface area contributed by atoms with E-state index in [2.05, 4.69) is 17.4 Å². The fourth-order valence-electron chi connectivity index (χ4n) is 5.75. The van der Waals surface area contributed by atoms with E-state index >= 15 is 0 Å². The van der Waals surface area contributed by atoms with Gasteiger partial charge in [0.05, 0.1) is 6.10 Å². The molecule has 1 unspecified atom stereocenters. The smallest absolute Gasteiger partial charge is 0.325 e. The highest BCUT2D eigenvalue weighted by Gasteiger charge is 2.41. The number of anilines is 1. The van der Waals surface area contributed by atoms with E-state index in [0.29, 0.717) is 25.6 Å². The molecule has 0 radical (unpaired) electrons. The SMILES string of the molecule is C1CCOC1.O=C(O)C(c1cccc(O)c1C1CC1)N1CC(OCCCCCc2ccc3c(n2)NCCC3)C1. The summed E-state index contributed by atoms with van der Waals surface area (Å²) in [5.41, 5.74) is 4.04. The van der Waals surface area contributed by atoms with E-state index in [1.54, 1.807) is 12.1 Å². The van der Waals surface area contributed by atoms with Crippen molar-refractivity contribution >= 4 is 11.8 Å². The van der Waals surface area contributed by atoms with E-state index in [1.165, 1.54) is 24.8 Å². The normalized spacial score (nSPS) is 19.8. The van der Waals surface area contributed by atoms with Crippen LogP contribution in [0, 0.1) is 0 Å². The quantitative estimate of drug-likeness (QED) is 0.342. The van der Waals surface area contributed by atoms with E-state index in [9.17, 15) is 15.0 Å². The number of phenolic OH excluding ortho intramolecular Hbond substituents is 1. The molecule has 3 aliphatic heterocycles. The Balaban J connectivity index is 0.000000555. The largest absolute Gasteiger partial charge is 0.508 e. The summed E-state index contributed by atoms with van der Waals surface area (Å²) < 4.78 is 10.9. The molecule has 6 rings (SSSR count). The van der Waals surface area contributed by atoms with Crippen LogP contribution in [0.1, 0.15) is 85.7 Å². The van der Waals surface area contributed by atoms with Gasteiger partial charge in [0, 0.05) is 50.7 Å². The molecule has 3 fully saturated rings. The van der Waals surface area contributed by atoms with Crippen LogP contribution >= 0.6 is 0 Å². The number of hydrogen-bond acceptors (Lipinski definition) is 7. The minimum atomic E-state index is -0.864. The first-order valence-electron chi connectivity index (χ1n) is 14.8. The van der Waals surface area contributed by atoms with Gasteiger partial charge in [-0.2, -0.15) is 0 Å². The first-order chi connectivity index (χ1) is 19.1. The summed E-state index contributed by atoms with van der Waals surface area (Å²) in [7, 11) is 0. The van der Waals surface area contributed by atoms with Gasteiger partial charge < -0.3 is 25.0 Å². The second-order valence-corrected chi connectivity index (χ2v) is 11.2. The van der Waals surface area contributed by atoms with Gasteiger partial charge in [0.25, 0.3) is 0 Å². The number of unbranched alkanes of at least 4 members (excludes halogenated alkanes) is 2. The molecule has 212 valence electrons. The third-order valence-electron chi connectivity index (χ3n) is 8.08. The third-order valence-corrected chi connectivity index (χ3v) is 8.08. The number of carbonyl (C=O) groups is 1. The summed E-state index contributed by atoms with van der Waals surface area (Å²) in [6, 6.07) is 8.91. The van der Waals surface area contributed by atoms with Gasteiger partial charge in [0.1, 0.15) is 17.6 Å². The fourth-order valence-corrected chi connectivity index (χ4v) is 5.75. The Labute approximate surface area is 231 Å². The molecule has 39 heavy (non-hydrogen) atoms. The molecule has 2 saturated heterocycles. The van der Waals surface area contributed by atoms with Crippen LogP contribution in [-0.2, 0) is 27.1 Å². The van der Waals surface area contributed by atoms with Crippen molar-refractivity contribution < 1.29 is 24.5 Å². The van der Waals surface area contributed by atoms with Crippen molar-refractivity contribution in [1.82, 2.24) is 9.88 Å². The monoisotopic (exact) mass is 537 g/mol. The standard InChI is InChI=1S/C27H35N3O4.C4H8O/c31-23-9-4-8-22(24(23)18-10-11-18)25(27(32)33)30-16-21(17-30)34-15-3-1-2-7-20-13-12-19-6-5-14-28-26(19)29-20;1-2-4-5-3-1/h4,8-9,12-13,18,21,25,31H,1-3,5-7,10-11,14-17H2,(H,28,29)(H,32,33);1-4H2. The molecular weight excluding hydrogens is 494 g/mol. The van der Waals surface area contributed by atoms with E-state index in [4.69, 9.17) is 14.5 Å². The summed E-state index contributed by atoms with van der Waals surface area (Å²) in [5, 5.41) is 23.6. The highest BCUT2D eigenvalue weighted by atomic mass is 16.5. The number of aromatic nitrogens is 1. The molecule has 0 spiro atoms. The number of aryl methyl sites for hydroxylation is 2. The number of aliphatic carboxylic acids is 1. The Morgan fingerprint density at radius 3 is 2.64 bits per heavy atom. The molecule has 1 saturated carbocycles. The molecule has 1 aromatic carbocycles. The molecule has 8 heteroatoms. The van der Waals surface area contributed by atoms with Gasteiger partial charge in [0.15, 0.2) is 0 Å². The zero-order chi connectivity index (χ0) is 27.0. The average Bonchev–Trinajstić information content (AvgIpc) is 3.56. The first-order valence-corrected chi connectivity index (χ1v) is 14.8. The van der Waals surface area contributed by atoms with Crippen LogP contribution in [0.15, 0.2) is 30.3 Å². The maximum atomic E-state index is 12.1. The van der Waals surface area contributed by atoms with Gasteiger partial charge in [-0.1, -0.05) is 24.6 Å². The van der Waals surface area contributed by atoms with E-state index < -0.39 is 12.0 Å². The summed E-state index contributed by atoms with van der Waals surface area (Å²) in [6.45, 7) is 4.95. The number of carboxylic acid groups (broad SMARTS) is 1. The second-order valence-electron chi connectivity index (χ2n) is 11.2. The Morgan fingerprint density at radius 1 is 1.10 bits per heavy atom. The molecule has 0 bridgehead atoms. The van der Waals surface area contributed by atoms with Gasteiger partial charge in [-0.15, -0.1) is 0 Å². The van der Waals surface area contributed by atoms with Crippen LogP contribution in [-0.4, -0.2) is 71.6 Å². The van der Waals surface area contributed by atoms with Crippen LogP contribution in [0.3, 0.4) is 0 Å². The lowest BCUT2D eigenvalue weighted by atomic mass is 9.93. The van der Waals surface area contributed by atoms with E-state index in [0.717, 1.165) is 87.3 Å². The van der Waals surface area contributed by atoms with Crippen LogP contribution in [0.4, 0.5) is 5.82 Å². The molecule has 4 aliphatic rings. The molecule has 8 nitrogen and oxygen atoms in total. The van der Waals surface area contributed by atoms with Crippen LogP contribution in [0.25, 0.3) is 0 Å². The number of rotatable bonds is 11. The number of nitrogens with one attached hydrogen (secondary N) is 1. The number of benzene rings is 1. The van der Waals surface area contributed by atoms with Crippen molar-refractivity contribution in [2.45, 2.75) is 82.3 Å². The number of aromatic hydroxyl groups is 1. The maximum Gasteiger partial charge on any atom is 0.325 e. The summed E-state index contributed by atoms with van der Waals surface area (Å²) in [5.74, 6) is 0.716. The number of phenols is 1. The molecule has 3 N–H and O–H groups in total. The second kappa shape index (κ2) is 13.6. The lowest BCUT2D eigenvalue weighted by molar-refractivity contribution is -0.151. The summed E-state index contributed by atoms with van der Waals surface area (Å²) in [4.78, 5) is 18.8. The molecule has 0 amide bonds. The van der Waals surface area contributed by atoms with Crippen molar-refractivity contribution in [3.8, 4) is 5.75 Å². The minimum Gasteiger partial charge on any atom is -0.508 e. The Morgan fingerprint density at radius 2 is 1.92 bits per heavy atom. The number of fused-ring (bicyclic) bond motifs is 1. The molecule has 1 aliphatic carbocycles. The predicted molar refractivity (Wildman–Crippen MR) is 150 cm³/mol. The first kappa shape index (κ1) is 27.9. The van der Waals surface area contributed by atoms with Gasteiger partial charge in [0.2, 0.25) is 0 Å². The molecular formula is C31H43N3O5. The predicted octanol–water partition coefficient (Wildman–Crippen LogP) is 5.06. The molecule has 1 aromatic heterocycles. The minimum absolute atomic E-state index is 0.0805. The van der Waals surface area contributed by atoms with Crippen molar-refractivity contribution in [3.05, 3.63) is 52.7 Å². The Kier molecular flexibility index (Phi) is 9.71. The van der Waals surface area contributed by atoms with Gasteiger partial charge >= 0.3 is 5.97 Å². The zero-order valence-corrected chi connectivity index (χ0v) is 22.9. The van der Waals surface area contributed by atoms with Crippen molar-refractivity contribution in [1.29, 1.82) is 0 Å². The van der Waals surface area contributed by atoms with E-state index in [-0.39, 0.29) is 11.9 Å².